The molecule has 2 aliphatic rings. The molecule has 1 amide bonds. The van der Waals surface area contributed by atoms with E-state index in [1.807, 2.05) is 53.4 Å². The van der Waals surface area contributed by atoms with Gasteiger partial charge in [-0.2, -0.15) is 0 Å². The Kier molecular flexibility index (Phi) is 6.28. The molecule has 1 N–H and O–H groups in total. The molecule has 1 fully saturated rings. The number of carbonyl (C=O) groups is 1. The Balaban J connectivity index is 1.50. The number of hydrogen-bond donors (Lipinski definition) is 1. The summed E-state index contributed by atoms with van der Waals surface area (Å²) in [5.41, 5.74) is 4.82. The lowest BCUT2D eigenvalue weighted by atomic mass is 10.0. The van der Waals surface area contributed by atoms with Crippen LogP contribution in [0.15, 0.2) is 72.8 Å². The summed E-state index contributed by atoms with van der Waals surface area (Å²) in [6.45, 7) is 4.62. The molecule has 3 aromatic rings. The predicted molar refractivity (Wildman–Crippen MR) is 128 cm³/mol. The molecule has 6 heteroatoms. The molecule has 5 rings (SSSR count). The van der Waals surface area contributed by atoms with Crippen LogP contribution in [0.25, 0.3) is 0 Å². The molecule has 2 heterocycles. The number of nitrogens with one attached hydrogen (secondary N) is 1. The molecule has 0 unspecified atom stereocenters. The highest BCUT2D eigenvalue weighted by atomic mass is 16.5. The lowest BCUT2D eigenvalue weighted by molar-refractivity contribution is 0.0338. The largest absolute Gasteiger partial charge is 0.496 e. The Morgan fingerprint density at radius 3 is 2.52 bits per heavy atom. The average molecular weight is 444 g/mol. The second-order valence-corrected chi connectivity index (χ2v) is 8.47. The first-order valence-electron chi connectivity index (χ1n) is 11.4. The number of ether oxygens (including phenoxy) is 2. The smallest absolute Gasteiger partial charge is 0.258 e. The molecule has 3 aromatic carbocycles. The van der Waals surface area contributed by atoms with E-state index in [9.17, 15) is 4.79 Å². The van der Waals surface area contributed by atoms with Crippen LogP contribution in [0.2, 0.25) is 0 Å². The van der Waals surface area contributed by atoms with E-state index in [1.165, 1.54) is 0 Å². The lowest BCUT2D eigenvalue weighted by Gasteiger charge is -2.38. The maximum atomic E-state index is 13.6. The minimum Gasteiger partial charge on any atom is -0.496 e. The number of anilines is 1. The Morgan fingerprint density at radius 2 is 1.73 bits per heavy atom. The molecule has 0 spiro atoms. The number of amides is 1. The van der Waals surface area contributed by atoms with E-state index in [1.54, 1.807) is 7.11 Å². The van der Waals surface area contributed by atoms with Gasteiger partial charge in [-0.05, 0) is 35.4 Å². The molecule has 6 nitrogen and oxygen atoms in total. The van der Waals surface area contributed by atoms with Crippen LogP contribution in [0.5, 0.6) is 5.75 Å². The number of morpholine rings is 1. The molecule has 0 radical (unpaired) electrons. The van der Waals surface area contributed by atoms with Gasteiger partial charge in [0, 0.05) is 37.4 Å². The molecule has 0 aromatic heterocycles. The van der Waals surface area contributed by atoms with Gasteiger partial charge in [0.05, 0.1) is 25.9 Å². The lowest BCUT2D eigenvalue weighted by Crippen LogP contribution is -2.42. The molecule has 2 aliphatic heterocycles. The van der Waals surface area contributed by atoms with Gasteiger partial charge in [0.25, 0.3) is 5.91 Å². The molecule has 170 valence electrons. The number of methoxy groups -OCH3 is 1. The van der Waals surface area contributed by atoms with Crippen molar-refractivity contribution in [3.63, 3.8) is 0 Å². The first-order valence-corrected chi connectivity index (χ1v) is 11.4. The molecule has 0 saturated carbocycles. The van der Waals surface area contributed by atoms with Crippen molar-refractivity contribution >= 4 is 11.6 Å². The van der Waals surface area contributed by atoms with E-state index < -0.39 is 0 Å². The standard InChI is InChI=1S/C27H29N3O3/c1-32-25-12-11-21(17-22(25)19-29-13-15-33-16-14-29)26-28-24-10-6-5-9-23(24)27(31)30(26)18-20-7-3-2-4-8-20/h2-12,17,26,28H,13-16,18-19H2,1H3/t26-/m0/s1. The summed E-state index contributed by atoms with van der Waals surface area (Å²) in [6.07, 6.45) is -0.276. The van der Waals surface area contributed by atoms with Gasteiger partial charge in [-0.15, -0.1) is 0 Å². The fraction of sp³-hybridized carbons (Fsp3) is 0.296. The highest BCUT2D eigenvalue weighted by molar-refractivity contribution is 6.01. The van der Waals surface area contributed by atoms with Gasteiger partial charge >= 0.3 is 0 Å². The van der Waals surface area contributed by atoms with Crippen LogP contribution >= 0.6 is 0 Å². The van der Waals surface area contributed by atoms with Crippen molar-refractivity contribution in [2.45, 2.75) is 19.3 Å². The second kappa shape index (κ2) is 9.65. The normalized spacial score (nSPS) is 18.5. The molecular formula is C27H29N3O3. The molecule has 0 bridgehead atoms. The maximum Gasteiger partial charge on any atom is 0.258 e. The van der Waals surface area contributed by atoms with Crippen molar-refractivity contribution in [1.82, 2.24) is 9.80 Å². The van der Waals surface area contributed by atoms with Crippen LogP contribution in [0.1, 0.15) is 33.2 Å². The maximum absolute atomic E-state index is 13.6. The van der Waals surface area contributed by atoms with Crippen LogP contribution < -0.4 is 10.1 Å². The monoisotopic (exact) mass is 443 g/mol. The van der Waals surface area contributed by atoms with E-state index in [-0.39, 0.29) is 12.1 Å². The summed E-state index contributed by atoms with van der Waals surface area (Å²) in [4.78, 5) is 17.9. The first kappa shape index (κ1) is 21.5. The minimum atomic E-state index is -0.276. The molecule has 1 saturated heterocycles. The van der Waals surface area contributed by atoms with Crippen molar-refractivity contribution in [2.24, 2.45) is 0 Å². The topological polar surface area (TPSA) is 54.0 Å². The van der Waals surface area contributed by atoms with Gasteiger partial charge in [-0.25, -0.2) is 0 Å². The van der Waals surface area contributed by atoms with Gasteiger partial charge in [0.15, 0.2) is 0 Å². The Hall–Kier alpha value is -3.35. The minimum absolute atomic E-state index is 0.0313. The van der Waals surface area contributed by atoms with E-state index in [0.29, 0.717) is 12.1 Å². The molecule has 0 aliphatic carbocycles. The fourth-order valence-electron chi connectivity index (χ4n) is 4.59. The van der Waals surface area contributed by atoms with Crippen molar-refractivity contribution in [3.05, 3.63) is 95.1 Å². The zero-order valence-electron chi connectivity index (χ0n) is 18.9. The van der Waals surface area contributed by atoms with Crippen LogP contribution in [0.3, 0.4) is 0 Å². The zero-order valence-corrected chi connectivity index (χ0v) is 18.9. The van der Waals surface area contributed by atoms with Gasteiger partial charge in [-0.3, -0.25) is 9.69 Å². The van der Waals surface area contributed by atoms with Gasteiger partial charge in [-0.1, -0.05) is 48.5 Å². The quantitative estimate of drug-likeness (QED) is 0.616. The van der Waals surface area contributed by atoms with E-state index in [2.05, 4.69) is 34.5 Å². The number of fused-ring (bicyclic) bond motifs is 1. The van der Waals surface area contributed by atoms with E-state index in [0.717, 1.165) is 61.0 Å². The number of hydrogen-bond acceptors (Lipinski definition) is 5. The summed E-state index contributed by atoms with van der Waals surface area (Å²) < 4.78 is 11.2. The molecule has 1 atom stereocenters. The second-order valence-electron chi connectivity index (χ2n) is 8.47. The summed E-state index contributed by atoms with van der Waals surface area (Å²) in [6, 6.07) is 24.1. The Morgan fingerprint density at radius 1 is 0.970 bits per heavy atom. The van der Waals surface area contributed by atoms with Crippen molar-refractivity contribution < 1.29 is 14.3 Å². The third kappa shape index (κ3) is 4.58. The summed E-state index contributed by atoms with van der Waals surface area (Å²) in [5, 5.41) is 3.61. The SMILES string of the molecule is COc1ccc([C@H]2Nc3ccccc3C(=O)N2Cc2ccccc2)cc1CN1CCOCC1. The van der Waals surface area contributed by atoms with Crippen molar-refractivity contribution in [1.29, 1.82) is 0 Å². The van der Waals surface area contributed by atoms with E-state index >= 15 is 0 Å². The van der Waals surface area contributed by atoms with E-state index in [4.69, 9.17) is 9.47 Å². The van der Waals surface area contributed by atoms with Crippen molar-refractivity contribution in [3.8, 4) is 5.75 Å². The van der Waals surface area contributed by atoms with Crippen LogP contribution in [0.4, 0.5) is 5.69 Å². The van der Waals surface area contributed by atoms with Crippen LogP contribution in [-0.4, -0.2) is 49.1 Å². The predicted octanol–water partition coefficient (Wildman–Crippen LogP) is 4.29. The highest BCUT2D eigenvalue weighted by Gasteiger charge is 2.33. The Bertz CT molecular complexity index is 1110. The first-order chi connectivity index (χ1) is 16.2. The number of benzene rings is 3. The van der Waals surface area contributed by atoms with Crippen molar-refractivity contribution in [2.75, 3.05) is 38.7 Å². The third-order valence-electron chi connectivity index (χ3n) is 6.34. The van der Waals surface area contributed by atoms with Crippen LogP contribution in [-0.2, 0) is 17.8 Å². The molecular weight excluding hydrogens is 414 g/mol. The summed E-state index contributed by atoms with van der Waals surface area (Å²) in [5.74, 6) is 0.895. The van der Waals surface area contributed by atoms with Crippen LogP contribution in [0, 0.1) is 0 Å². The summed E-state index contributed by atoms with van der Waals surface area (Å²) in [7, 11) is 1.71. The number of rotatable bonds is 6. The van der Waals surface area contributed by atoms with Gasteiger partial charge in [0.1, 0.15) is 11.9 Å². The number of para-hydroxylation sites is 1. The fourth-order valence-corrected chi connectivity index (χ4v) is 4.59. The highest BCUT2D eigenvalue weighted by Crippen LogP contribution is 2.36. The average Bonchev–Trinajstić information content (AvgIpc) is 2.87. The van der Waals surface area contributed by atoms with Gasteiger partial charge < -0.3 is 19.7 Å². The number of nitrogens with zero attached hydrogens (tertiary/aromatic N) is 2. The number of carbonyl (C=O) groups excluding carboxylic acids is 1. The molecule has 33 heavy (non-hydrogen) atoms. The summed E-state index contributed by atoms with van der Waals surface area (Å²) >= 11 is 0. The van der Waals surface area contributed by atoms with Gasteiger partial charge in [0.2, 0.25) is 0 Å². The third-order valence-corrected chi connectivity index (χ3v) is 6.34. The Labute approximate surface area is 194 Å². The zero-order chi connectivity index (χ0) is 22.6.